The van der Waals surface area contributed by atoms with Gasteiger partial charge in [-0.3, -0.25) is 9.48 Å². The summed E-state index contributed by atoms with van der Waals surface area (Å²) >= 11 is 3.06. The second-order valence-electron chi connectivity index (χ2n) is 5.22. The van der Waals surface area contributed by atoms with Gasteiger partial charge >= 0.3 is 0 Å². The van der Waals surface area contributed by atoms with Crippen molar-refractivity contribution in [3.05, 3.63) is 58.4 Å². The van der Waals surface area contributed by atoms with Gasteiger partial charge in [-0.05, 0) is 29.6 Å². The van der Waals surface area contributed by atoms with Crippen molar-refractivity contribution >= 4 is 38.8 Å². The topological polar surface area (TPSA) is 59.8 Å². The highest BCUT2D eigenvalue weighted by atomic mass is 32.1. The van der Waals surface area contributed by atoms with Crippen molar-refractivity contribution in [2.24, 2.45) is 0 Å². The predicted octanol–water partition coefficient (Wildman–Crippen LogP) is 3.65. The number of thiophene rings is 1. The molecule has 0 saturated heterocycles. The predicted molar refractivity (Wildman–Crippen MR) is 97.5 cm³/mol. The third-order valence-electron chi connectivity index (χ3n) is 3.57. The first-order chi connectivity index (χ1) is 11.8. The Bertz CT molecular complexity index is 938. The maximum Gasteiger partial charge on any atom is 0.280 e. The number of aromatic nitrogens is 3. The van der Waals surface area contributed by atoms with Gasteiger partial charge in [0, 0.05) is 23.7 Å². The molecule has 24 heavy (non-hydrogen) atoms. The molecule has 0 aliphatic rings. The number of nitrogens with one attached hydrogen (secondary N) is 1. The van der Waals surface area contributed by atoms with Crippen LogP contribution in [-0.2, 0) is 6.54 Å². The summed E-state index contributed by atoms with van der Waals surface area (Å²) in [5.74, 6) is -0.138. The summed E-state index contributed by atoms with van der Waals surface area (Å²) in [7, 11) is 0. The Labute approximate surface area is 146 Å². The molecule has 0 atom stereocenters. The van der Waals surface area contributed by atoms with Gasteiger partial charge in [0.25, 0.3) is 5.91 Å². The van der Waals surface area contributed by atoms with E-state index in [4.69, 9.17) is 0 Å². The van der Waals surface area contributed by atoms with E-state index in [1.54, 1.807) is 11.3 Å². The van der Waals surface area contributed by atoms with Gasteiger partial charge in [0.2, 0.25) is 0 Å². The van der Waals surface area contributed by atoms with Crippen molar-refractivity contribution in [2.75, 3.05) is 6.54 Å². The van der Waals surface area contributed by atoms with E-state index in [0.717, 1.165) is 21.5 Å². The minimum absolute atomic E-state index is 0.138. The Balaban J connectivity index is 1.36. The smallest absolute Gasteiger partial charge is 0.280 e. The summed E-state index contributed by atoms with van der Waals surface area (Å²) in [6.07, 6.45) is 1.93. The van der Waals surface area contributed by atoms with Gasteiger partial charge in [-0.15, -0.1) is 11.3 Å². The number of amides is 1. The Morgan fingerprint density at radius 3 is 2.96 bits per heavy atom. The highest BCUT2D eigenvalue weighted by Gasteiger charge is 2.11. The number of thiazole rings is 1. The van der Waals surface area contributed by atoms with Crippen molar-refractivity contribution < 1.29 is 4.79 Å². The molecule has 0 unspecified atom stereocenters. The number of benzene rings is 1. The van der Waals surface area contributed by atoms with Crippen LogP contribution in [0.15, 0.2) is 53.4 Å². The van der Waals surface area contributed by atoms with E-state index in [9.17, 15) is 4.79 Å². The molecular weight excluding hydrogens is 340 g/mol. The molecule has 0 spiro atoms. The molecule has 3 heterocycles. The van der Waals surface area contributed by atoms with Crippen LogP contribution in [0, 0.1) is 0 Å². The average molecular weight is 354 g/mol. The first-order valence-electron chi connectivity index (χ1n) is 7.49. The van der Waals surface area contributed by atoms with Gasteiger partial charge in [-0.2, -0.15) is 16.4 Å². The normalized spacial score (nSPS) is 11.0. The molecule has 120 valence electrons. The number of fused-ring (bicyclic) bond motifs is 1. The molecule has 0 fully saturated rings. The molecule has 7 heteroatoms. The number of rotatable bonds is 5. The SMILES string of the molecule is O=C(NCCn1ccc(-c2ccsc2)n1)c1nc2ccccc2s1. The number of nitrogens with zero attached hydrogens (tertiary/aromatic N) is 3. The van der Waals surface area contributed by atoms with E-state index in [-0.39, 0.29) is 5.91 Å². The van der Waals surface area contributed by atoms with E-state index < -0.39 is 0 Å². The van der Waals surface area contributed by atoms with Crippen LogP contribution in [0.2, 0.25) is 0 Å². The Morgan fingerprint density at radius 2 is 2.12 bits per heavy atom. The number of carbonyl (C=O) groups is 1. The average Bonchev–Trinajstić information content (AvgIpc) is 3.33. The first kappa shape index (κ1) is 15.0. The van der Waals surface area contributed by atoms with Crippen LogP contribution in [0.1, 0.15) is 9.80 Å². The second-order valence-corrected chi connectivity index (χ2v) is 7.03. The van der Waals surface area contributed by atoms with E-state index in [1.807, 2.05) is 52.7 Å². The highest BCUT2D eigenvalue weighted by molar-refractivity contribution is 7.20. The lowest BCUT2D eigenvalue weighted by atomic mass is 10.2. The van der Waals surface area contributed by atoms with Gasteiger partial charge in [0.05, 0.1) is 22.5 Å². The third kappa shape index (κ3) is 3.08. The number of hydrogen-bond acceptors (Lipinski definition) is 5. The van der Waals surface area contributed by atoms with Crippen molar-refractivity contribution in [2.45, 2.75) is 6.54 Å². The molecule has 0 bridgehead atoms. The molecule has 4 aromatic rings. The first-order valence-corrected chi connectivity index (χ1v) is 9.25. The lowest BCUT2D eigenvalue weighted by Gasteiger charge is -2.03. The van der Waals surface area contributed by atoms with E-state index >= 15 is 0 Å². The zero-order valence-corrected chi connectivity index (χ0v) is 14.3. The minimum atomic E-state index is -0.138. The van der Waals surface area contributed by atoms with E-state index in [1.165, 1.54) is 11.3 Å². The van der Waals surface area contributed by atoms with Crippen LogP contribution in [-0.4, -0.2) is 27.2 Å². The molecule has 0 saturated carbocycles. The van der Waals surface area contributed by atoms with Crippen LogP contribution < -0.4 is 5.32 Å². The summed E-state index contributed by atoms with van der Waals surface area (Å²) in [6, 6.07) is 11.8. The molecule has 1 amide bonds. The maximum absolute atomic E-state index is 12.2. The van der Waals surface area contributed by atoms with Crippen LogP contribution in [0.25, 0.3) is 21.5 Å². The number of hydrogen-bond donors (Lipinski definition) is 1. The molecule has 4 rings (SSSR count). The van der Waals surface area contributed by atoms with E-state index in [2.05, 4.69) is 20.8 Å². The van der Waals surface area contributed by atoms with Gasteiger partial charge in [-0.1, -0.05) is 12.1 Å². The third-order valence-corrected chi connectivity index (χ3v) is 5.29. The van der Waals surface area contributed by atoms with Crippen molar-refractivity contribution in [1.82, 2.24) is 20.1 Å². The molecule has 0 aliphatic heterocycles. The van der Waals surface area contributed by atoms with Crippen LogP contribution >= 0.6 is 22.7 Å². The fourth-order valence-corrected chi connectivity index (χ4v) is 3.91. The van der Waals surface area contributed by atoms with Gasteiger partial charge < -0.3 is 5.32 Å². The summed E-state index contributed by atoms with van der Waals surface area (Å²) < 4.78 is 2.86. The summed E-state index contributed by atoms with van der Waals surface area (Å²) in [4.78, 5) is 16.6. The summed E-state index contributed by atoms with van der Waals surface area (Å²) in [6.45, 7) is 1.14. The standard InChI is InChI=1S/C17H14N4OS2/c22-16(17-19-14-3-1-2-4-15(14)24-17)18-7-9-21-8-5-13(20-21)12-6-10-23-11-12/h1-6,8,10-11H,7,9H2,(H,18,22). The monoisotopic (exact) mass is 354 g/mol. The fraction of sp³-hybridized carbons (Fsp3) is 0.118. The zero-order chi connectivity index (χ0) is 16.4. The van der Waals surface area contributed by atoms with Gasteiger partial charge in [0.15, 0.2) is 5.01 Å². The maximum atomic E-state index is 12.2. The summed E-state index contributed by atoms with van der Waals surface area (Å²) in [5.41, 5.74) is 2.94. The van der Waals surface area contributed by atoms with Crippen LogP contribution in [0.3, 0.4) is 0 Å². The second kappa shape index (κ2) is 6.54. The van der Waals surface area contributed by atoms with Crippen molar-refractivity contribution in [1.29, 1.82) is 0 Å². The largest absolute Gasteiger partial charge is 0.348 e. The zero-order valence-electron chi connectivity index (χ0n) is 12.7. The quantitative estimate of drug-likeness (QED) is 0.595. The lowest BCUT2D eigenvalue weighted by molar-refractivity contribution is 0.0952. The molecule has 3 aromatic heterocycles. The molecular formula is C17H14N4OS2. The van der Waals surface area contributed by atoms with Crippen molar-refractivity contribution in [3.8, 4) is 11.3 Å². The lowest BCUT2D eigenvalue weighted by Crippen LogP contribution is -2.27. The van der Waals surface area contributed by atoms with Crippen LogP contribution in [0.4, 0.5) is 0 Å². The molecule has 5 nitrogen and oxygen atoms in total. The van der Waals surface area contributed by atoms with E-state index in [0.29, 0.717) is 18.1 Å². The van der Waals surface area contributed by atoms with Gasteiger partial charge in [0.1, 0.15) is 0 Å². The summed E-state index contributed by atoms with van der Waals surface area (Å²) in [5, 5.41) is 12.0. The number of carbonyl (C=O) groups excluding carboxylic acids is 1. The molecule has 1 aromatic carbocycles. The highest BCUT2D eigenvalue weighted by Crippen LogP contribution is 2.21. The van der Waals surface area contributed by atoms with Gasteiger partial charge in [-0.25, -0.2) is 4.98 Å². The fourth-order valence-electron chi connectivity index (χ4n) is 2.38. The minimum Gasteiger partial charge on any atom is -0.348 e. The molecule has 0 radical (unpaired) electrons. The van der Waals surface area contributed by atoms with Crippen LogP contribution in [0.5, 0.6) is 0 Å². The van der Waals surface area contributed by atoms with Crippen molar-refractivity contribution in [3.63, 3.8) is 0 Å². The molecule has 1 N–H and O–H groups in total. The molecule has 0 aliphatic carbocycles. The Morgan fingerprint density at radius 1 is 1.21 bits per heavy atom. The Hall–Kier alpha value is -2.51. The Kier molecular flexibility index (Phi) is 4.10. The number of para-hydroxylation sites is 1.